The third-order valence-electron chi connectivity index (χ3n) is 5.66. The molecule has 2 heterocycles. The zero-order chi connectivity index (χ0) is 23.4. The van der Waals surface area contributed by atoms with Crippen molar-refractivity contribution in [3.63, 3.8) is 0 Å². The Bertz CT molecular complexity index is 1210. The maximum atomic E-state index is 13.1. The maximum Gasteiger partial charge on any atom is 0.322 e. The quantitative estimate of drug-likeness (QED) is 0.538. The number of carbonyl (C=O) groups excluding carboxylic acids is 1. The molecule has 174 valence electrons. The van der Waals surface area contributed by atoms with Gasteiger partial charge in [0.15, 0.2) is 0 Å². The van der Waals surface area contributed by atoms with E-state index in [0.29, 0.717) is 30.9 Å². The van der Waals surface area contributed by atoms with Gasteiger partial charge in [-0.1, -0.05) is 36.3 Å². The number of rotatable bonds is 8. The van der Waals surface area contributed by atoms with Gasteiger partial charge >= 0.3 is 6.01 Å². The second-order valence-corrected chi connectivity index (χ2v) is 9.68. The standard InChI is InChI=1S/C23H26N4O5S/c1-3-16-6-8-17(9-7-16)15-21-25-26-23(32-21)24-22(28)20-5-4-14-27(20)33(29,30)19-12-10-18(31-2)11-13-19/h6-13,20H,3-5,14-15H2,1-2H3,(H,24,26,28). The van der Waals surface area contributed by atoms with E-state index < -0.39 is 22.0 Å². The first kappa shape index (κ1) is 22.9. The molecular formula is C23H26N4O5S. The summed E-state index contributed by atoms with van der Waals surface area (Å²) in [5, 5.41) is 10.5. The van der Waals surface area contributed by atoms with Crippen molar-refractivity contribution in [2.24, 2.45) is 0 Å². The van der Waals surface area contributed by atoms with Crippen LogP contribution in [0.5, 0.6) is 5.75 Å². The summed E-state index contributed by atoms with van der Waals surface area (Å²) >= 11 is 0. The first-order valence-electron chi connectivity index (χ1n) is 10.8. The first-order chi connectivity index (χ1) is 15.9. The molecule has 1 N–H and O–H groups in total. The molecule has 1 aliphatic heterocycles. The van der Waals surface area contributed by atoms with E-state index in [-0.39, 0.29) is 17.5 Å². The molecule has 33 heavy (non-hydrogen) atoms. The largest absolute Gasteiger partial charge is 0.497 e. The fourth-order valence-corrected chi connectivity index (χ4v) is 5.46. The van der Waals surface area contributed by atoms with Crippen LogP contribution >= 0.6 is 0 Å². The van der Waals surface area contributed by atoms with Gasteiger partial charge in [-0.15, -0.1) is 5.10 Å². The number of nitrogens with zero attached hydrogens (tertiary/aromatic N) is 3. The molecule has 1 unspecified atom stereocenters. The van der Waals surface area contributed by atoms with Crippen molar-refractivity contribution in [3.8, 4) is 5.75 Å². The van der Waals surface area contributed by atoms with Crippen LogP contribution in [-0.4, -0.2) is 48.5 Å². The maximum absolute atomic E-state index is 13.1. The Morgan fingerprint density at radius 1 is 1.12 bits per heavy atom. The van der Waals surface area contributed by atoms with Crippen molar-refractivity contribution < 1.29 is 22.4 Å². The second-order valence-electron chi connectivity index (χ2n) is 7.79. The Balaban J connectivity index is 1.43. The third kappa shape index (κ3) is 5.07. The number of benzene rings is 2. The van der Waals surface area contributed by atoms with E-state index in [2.05, 4.69) is 22.4 Å². The average Bonchev–Trinajstić information content (AvgIpc) is 3.50. The Kier molecular flexibility index (Phi) is 6.75. The van der Waals surface area contributed by atoms with Crippen LogP contribution in [0, 0.1) is 0 Å². The van der Waals surface area contributed by atoms with Gasteiger partial charge in [-0.2, -0.15) is 4.31 Å². The lowest BCUT2D eigenvalue weighted by atomic mass is 10.1. The van der Waals surface area contributed by atoms with Gasteiger partial charge in [-0.25, -0.2) is 8.42 Å². The Morgan fingerprint density at radius 3 is 2.48 bits per heavy atom. The van der Waals surface area contributed by atoms with Crippen LogP contribution in [0.1, 0.15) is 36.8 Å². The number of amides is 1. The van der Waals surface area contributed by atoms with E-state index in [4.69, 9.17) is 9.15 Å². The minimum Gasteiger partial charge on any atom is -0.497 e. The highest BCUT2D eigenvalue weighted by Gasteiger charge is 2.39. The van der Waals surface area contributed by atoms with Crippen LogP contribution in [0.15, 0.2) is 57.8 Å². The monoisotopic (exact) mass is 470 g/mol. The Hall–Kier alpha value is -3.24. The molecule has 0 saturated carbocycles. The Morgan fingerprint density at radius 2 is 1.82 bits per heavy atom. The molecule has 9 nitrogen and oxygen atoms in total. The van der Waals surface area contributed by atoms with Gasteiger partial charge in [0, 0.05) is 6.54 Å². The molecule has 1 fully saturated rings. The lowest BCUT2D eigenvalue weighted by molar-refractivity contribution is -0.119. The van der Waals surface area contributed by atoms with Gasteiger partial charge in [-0.3, -0.25) is 10.1 Å². The smallest absolute Gasteiger partial charge is 0.322 e. The lowest BCUT2D eigenvalue weighted by Crippen LogP contribution is -2.43. The number of aryl methyl sites for hydroxylation is 1. The first-order valence-corrected chi connectivity index (χ1v) is 12.2. The molecule has 1 aromatic heterocycles. The number of hydrogen-bond donors (Lipinski definition) is 1. The highest BCUT2D eigenvalue weighted by Crippen LogP contribution is 2.28. The van der Waals surface area contributed by atoms with Crippen LogP contribution < -0.4 is 10.1 Å². The van der Waals surface area contributed by atoms with E-state index in [1.54, 1.807) is 12.1 Å². The SMILES string of the molecule is CCc1ccc(Cc2nnc(NC(=O)C3CCCN3S(=O)(=O)c3ccc(OC)cc3)o2)cc1. The van der Waals surface area contributed by atoms with Crippen LogP contribution in [0.3, 0.4) is 0 Å². The number of hydrogen-bond acceptors (Lipinski definition) is 7. The summed E-state index contributed by atoms with van der Waals surface area (Å²) in [5.74, 6) is 0.425. The average molecular weight is 471 g/mol. The zero-order valence-electron chi connectivity index (χ0n) is 18.5. The van der Waals surface area contributed by atoms with Crippen molar-refractivity contribution in [1.82, 2.24) is 14.5 Å². The fourth-order valence-electron chi connectivity index (χ4n) is 3.80. The summed E-state index contributed by atoms with van der Waals surface area (Å²) in [6.45, 7) is 2.35. The number of nitrogens with one attached hydrogen (secondary N) is 1. The van der Waals surface area contributed by atoms with Gasteiger partial charge in [0.2, 0.25) is 21.8 Å². The van der Waals surface area contributed by atoms with Crippen LogP contribution in [-0.2, 0) is 27.7 Å². The second kappa shape index (κ2) is 9.72. The van der Waals surface area contributed by atoms with Crippen LogP contribution in [0.2, 0.25) is 0 Å². The van der Waals surface area contributed by atoms with Crippen molar-refractivity contribution in [3.05, 3.63) is 65.5 Å². The number of anilines is 1. The topological polar surface area (TPSA) is 115 Å². The summed E-state index contributed by atoms with van der Waals surface area (Å²) in [5.41, 5.74) is 2.25. The van der Waals surface area contributed by atoms with Gasteiger partial charge in [0.1, 0.15) is 11.8 Å². The molecule has 10 heteroatoms. The molecule has 0 bridgehead atoms. The van der Waals surface area contributed by atoms with Gasteiger partial charge in [0.25, 0.3) is 0 Å². The summed E-state index contributed by atoms with van der Waals surface area (Å²) < 4.78 is 38.1. The minimum atomic E-state index is -3.84. The van der Waals surface area contributed by atoms with E-state index >= 15 is 0 Å². The summed E-state index contributed by atoms with van der Waals surface area (Å²) in [4.78, 5) is 13.0. The van der Waals surface area contributed by atoms with Gasteiger partial charge in [0.05, 0.1) is 18.4 Å². The van der Waals surface area contributed by atoms with E-state index in [9.17, 15) is 13.2 Å². The predicted octanol–water partition coefficient (Wildman–Crippen LogP) is 3.02. The molecule has 1 aliphatic rings. The number of aromatic nitrogens is 2. The third-order valence-corrected chi connectivity index (χ3v) is 7.58. The summed E-state index contributed by atoms with van der Waals surface area (Å²) in [7, 11) is -2.33. The van der Waals surface area contributed by atoms with Gasteiger partial charge in [-0.05, 0) is 54.7 Å². The number of methoxy groups -OCH3 is 1. The molecule has 1 saturated heterocycles. The van der Waals surface area contributed by atoms with E-state index in [1.807, 2.05) is 24.3 Å². The molecular weight excluding hydrogens is 444 g/mol. The molecule has 0 aliphatic carbocycles. The Labute approximate surface area is 192 Å². The van der Waals surface area contributed by atoms with E-state index in [1.165, 1.54) is 29.1 Å². The number of sulfonamides is 1. The fraction of sp³-hybridized carbons (Fsp3) is 0.348. The molecule has 0 radical (unpaired) electrons. The van der Waals surface area contributed by atoms with Crippen molar-refractivity contribution in [1.29, 1.82) is 0 Å². The van der Waals surface area contributed by atoms with Crippen molar-refractivity contribution in [2.75, 3.05) is 19.0 Å². The van der Waals surface area contributed by atoms with Gasteiger partial charge < -0.3 is 9.15 Å². The molecule has 1 amide bonds. The van der Waals surface area contributed by atoms with Crippen molar-refractivity contribution in [2.45, 2.75) is 43.5 Å². The predicted molar refractivity (Wildman–Crippen MR) is 121 cm³/mol. The normalized spacial score (nSPS) is 16.6. The molecule has 4 rings (SSSR count). The molecule has 1 atom stereocenters. The molecule has 3 aromatic rings. The summed E-state index contributed by atoms with van der Waals surface area (Å²) in [6, 6.07) is 13.3. The molecule has 0 spiro atoms. The highest BCUT2D eigenvalue weighted by atomic mass is 32.2. The van der Waals surface area contributed by atoms with E-state index in [0.717, 1.165) is 12.0 Å². The highest BCUT2D eigenvalue weighted by molar-refractivity contribution is 7.89. The van der Waals surface area contributed by atoms with Crippen LogP contribution in [0.25, 0.3) is 0 Å². The minimum absolute atomic E-state index is 0.0473. The summed E-state index contributed by atoms with van der Waals surface area (Å²) in [6.07, 6.45) is 2.39. The molecule has 2 aromatic carbocycles. The van der Waals surface area contributed by atoms with Crippen LogP contribution in [0.4, 0.5) is 6.01 Å². The number of carbonyl (C=O) groups is 1. The van der Waals surface area contributed by atoms with Crippen molar-refractivity contribution >= 4 is 21.9 Å². The lowest BCUT2D eigenvalue weighted by Gasteiger charge is -2.22. The number of ether oxygens (including phenoxy) is 1. The zero-order valence-corrected chi connectivity index (χ0v) is 19.3.